The van der Waals surface area contributed by atoms with E-state index >= 15 is 0 Å². The first-order valence-electron chi connectivity index (χ1n) is 12.3. The molecule has 32 heavy (non-hydrogen) atoms. The lowest BCUT2D eigenvalue weighted by atomic mass is 9.94. The second kappa shape index (κ2) is 10.2. The Morgan fingerprint density at radius 3 is 2.50 bits per heavy atom. The average molecular weight is 439 g/mol. The van der Waals surface area contributed by atoms with Gasteiger partial charge in [0.1, 0.15) is 0 Å². The van der Waals surface area contributed by atoms with Crippen molar-refractivity contribution in [2.24, 2.45) is 0 Å². The number of carbonyl (C=O) groups is 1. The number of carbonyl (C=O) groups excluding carboxylic acids is 1. The summed E-state index contributed by atoms with van der Waals surface area (Å²) in [6.45, 7) is 11.9. The third-order valence-electron chi connectivity index (χ3n) is 7.34. The molecule has 1 aliphatic heterocycles. The number of ether oxygens (including phenoxy) is 1. The minimum atomic E-state index is -0.478. The van der Waals surface area contributed by atoms with E-state index in [1.807, 2.05) is 22.6 Å². The van der Waals surface area contributed by atoms with Crippen LogP contribution in [0.1, 0.15) is 68.1 Å². The molecular formula is C26H38N4O2. The van der Waals surface area contributed by atoms with Gasteiger partial charge < -0.3 is 9.64 Å². The number of likely N-dealkylation sites (N-methyl/N-ethyl adjacent to an activating group) is 1. The molecular weight excluding hydrogens is 400 g/mol. The molecule has 1 amide bonds. The SMILES string of the molecule is CCN(Cc1c(C)nn(CC)c1C)C(=O)[C@@H]1OCCN(C2CCCC2)[C@H]1c1ccccc1. The monoisotopic (exact) mass is 438 g/mol. The first-order chi connectivity index (χ1) is 15.5. The van der Waals surface area contributed by atoms with Crippen molar-refractivity contribution in [1.82, 2.24) is 19.6 Å². The van der Waals surface area contributed by atoms with Gasteiger partial charge in [0.25, 0.3) is 5.91 Å². The smallest absolute Gasteiger partial charge is 0.253 e. The Morgan fingerprint density at radius 2 is 1.88 bits per heavy atom. The third kappa shape index (κ3) is 4.48. The lowest BCUT2D eigenvalue weighted by Crippen LogP contribution is -2.55. The maximum Gasteiger partial charge on any atom is 0.253 e. The zero-order chi connectivity index (χ0) is 22.7. The molecule has 0 unspecified atom stereocenters. The lowest BCUT2D eigenvalue weighted by Gasteiger charge is -2.45. The lowest BCUT2D eigenvalue weighted by molar-refractivity contribution is -0.159. The number of rotatable bonds is 7. The van der Waals surface area contributed by atoms with Crippen LogP contribution in [0, 0.1) is 13.8 Å². The number of amides is 1. The second-order valence-corrected chi connectivity index (χ2v) is 9.14. The van der Waals surface area contributed by atoms with E-state index in [0.717, 1.165) is 30.0 Å². The second-order valence-electron chi connectivity index (χ2n) is 9.14. The summed E-state index contributed by atoms with van der Waals surface area (Å²) in [5.74, 6) is 0.0899. The van der Waals surface area contributed by atoms with E-state index in [0.29, 0.717) is 25.7 Å². The summed E-state index contributed by atoms with van der Waals surface area (Å²) in [7, 11) is 0. The van der Waals surface area contributed by atoms with E-state index < -0.39 is 6.10 Å². The van der Waals surface area contributed by atoms with Crippen molar-refractivity contribution in [2.75, 3.05) is 19.7 Å². The van der Waals surface area contributed by atoms with E-state index in [1.165, 1.54) is 31.2 Å². The molecule has 0 spiro atoms. The number of aryl methyl sites for hydroxylation is 2. The van der Waals surface area contributed by atoms with Crippen LogP contribution in [-0.2, 0) is 22.6 Å². The van der Waals surface area contributed by atoms with Gasteiger partial charge in [0, 0.05) is 43.5 Å². The van der Waals surface area contributed by atoms with Crippen LogP contribution in [0.4, 0.5) is 0 Å². The Labute approximate surface area is 192 Å². The van der Waals surface area contributed by atoms with Crippen molar-refractivity contribution in [1.29, 1.82) is 0 Å². The van der Waals surface area contributed by atoms with Crippen molar-refractivity contribution in [3.8, 4) is 0 Å². The van der Waals surface area contributed by atoms with E-state index in [2.05, 4.69) is 55.0 Å². The average Bonchev–Trinajstić information content (AvgIpc) is 3.45. The molecule has 1 aromatic carbocycles. The van der Waals surface area contributed by atoms with Crippen molar-refractivity contribution in [3.63, 3.8) is 0 Å². The third-order valence-corrected chi connectivity index (χ3v) is 7.34. The molecule has 2 fully saturated rings. The highest BCUT2D eigenvalue weighted by molar-refractivity contribution is 5.82. The topological polar surface area (TPSA) is 50.6 Å². The molecule has 6 nitrogen and oxygen atoms in total. The molecule has 2 aliphatic rings. The van der Waals surface area contributed by atoms with E-state index in [4.69, 9.17) is 4.74 Å². The minimum absolute atomic E-state index is 0.0323. The highest BCUT2D eigenvalue weighted by Crippen LogP contribution is 2.37. The highest BCUT2D eigenvalue weighted by Gasteiger charge is 2.43. The zero-order valence-electron chi connectivity index (χ0n) is 20.1. The van der Waals surface area contributed by atoms with Crippen molar-refractivity contribution in [3.05, 3.63) is 52.8 Å². The van der Waals surface area contributed by atoms with Gasteiger partial charge >= 0.3 is 0 Å². The number of morpholine rings is 1. The van der Waals surface area contributed by atoms with Crippen molar-refractivity contribution < 1.29 is 9.53 Å². The first kappa shape index (κ1) is 23.0. The number of hydrogen-bond donors (Lipinski definition) is 0. The molecule has 2 heterocycles. The van der Waals surface area contributed by atoms with E-state index in [-0.39, 0.29) is 11.9 Å². The van der Waals surface area contributed by atoms with Crippen LogP contribution in [-0.4, -0.2) is 57.3 Å². The minimum Gasteiger partial charge on any atom is -0.365 e. The van der Waals surface area contributed by atoms with Crippen LogP contribution in [0.3, 0.4) is 0 Å². The van der Waals surface area contributed by atoms with Gasteiger partial charge in [-0.2, -0.15) is 5.10 Å². The summed E-state index contributed by atoms with van der Waals surface area (Å²) in [5.41, 5.74) is 4.49. The van der Waals surface area contributed by atoms with Crippen LogP contribution < -0.4 is 0 Å². The van der Waals surface area contributed by atoms with Gasteiger partial charge in [0.2, 0.25) is 0 Å². The van der Waals surface area contributed by atoms with Crippen LogP contribution >= 0.6 is 0 Å². The Balaban J connectivity index is 1.62. The zero-order valence-corrected chi connectivity index (χ0v) is 20.1. The number of aromatic nitrogens is 2. The molecule has 6 heteroatoms. The molecule has 1 saturated carbocycles. The fourth-order valence-corrected chi connectivity index (χ4v) is 5.54. The Hall–Kier alpha value is -2.18. The van der Waals surface area contributed by atoms with Crippen LogP contribution in [0.15, 0.2) is 30.3 Å². The predicted octanol–water partition coefficient (Wildman–Crippen LogP) is 4.25. The fraction of sp³-hybridized carbons (Fsp3) is 0.615. The van der Waals surface area contributed by atoms with Gasteiger partial charge in [-0.1, -0.05) is 43.2 Å². The van der Waals surface area contributed by atoms with Crippen LogP contribution in [0.2, 0.25) is 0 Å². The molecule has 1 aliphatic carbocycles. The number of nitrogens with zero attached hydrogens (tertiary/aromatic N) is 4. The van der Waals surface area contributed by atoms with Crippen LogP contribution in [0.25, 0.3) is 0 Å². The van der Waals surface area contributed by atoms with Gasteiger partial charge in [-0.3, -0.25) is 14.4 Å². The van der Waals surface area contributed by atoms with E-state index in [9.17, 15) is 4.79 Å². The molecule has 2 aromatic rings. The molecule has 4 rings (SSSR count). The Kier molecular flexibility index (Phi) is 7.31. The molecule has 2 atom stereocenters. The Morgan fingerprint density at radius 1 is 1.16 bits per heavy atom. The van der Waals surface area contributed by atoms with Gasteiger partial charge in [0.05, 0.1) is 18.3 Å². The van der Waals surface area contributed by atoms with Gasteiger partial charge in [0.15, 0.2) is 6.10 Å². The summed E-state index contributed by atoms with van der Waals surface area (Å²) in [6.07, 6.45) is 4.52. The molecule has 0 bridgehead atoms. The predicted molar refractivity (Wildman–Crippen MR) is 126 cm³/mol. The molecule has 1 aromatic heterocycles. The Bertz CT molecular complexity index is 904. The molecule has 1 saturated heterocycles. The maximum absolute atomic E-state index is 13.9. The van der Waals surface area contributed by atoms with Gasteiger partial charge in [-0.25, -0.2) is 0 Å². The highest BCUT2D eigenvalue weighted by atomic mass is 16.5. The summed E-state index contributed by atoms with van der Waals surface area (Å²) in [5, 5.41) is 4.65. The van der Waals surface area contributed by atoms with Crippen molar-refractivity contribution >= 4 is 5.91 Å². The summed E-state index contributed by atoms with van der Waals surface area (Å²) < 4.78 is 8.27. The van der Waals surface area contributed by atoms with E-state index in [1.54, 1.807) is 0 Å². The van der Waals surface area contributed by atoms with Crippen molar-refractivity contribution in [2.45, 2.75) is 84.7 Å². The molecule has 174 valence electrons. The summed E-state index contributed by atoms with van der Waals surface area (Å²) >= 11 is 0. The fourth-order valence-electron chi connectivity index (χ4n) is 5.54. The standard InChI is InChI=1S/C26H38N4O2/c1-5-28(18-23-19(3)27-30(6-2)20(23)4)26(31)25-24(21-12-8-7-9-13-21)29(16-17-32-25)22-14-10-11-15-22/h7-9,12-13,22,24-25H,5-6,10-11,14-18H2,1-4H3/t24-,25+/m0/s1. The number of benzene rings is 1. The quantitative estimate of drug-likeness (QED) is 0.648. The van der Waals surface area contributed by atoms with Gasteiger partial charge in [-0.05, 0) is 46.1 Å². The normalized spacial score (nSPS) is 22.4. The largest absolute Gasteiger partial charge is 0.365 e. The van der Waals surface area contributed by atoms with Crippen LogP contribution in [0.5, 0.6) is 0 Å². The molecule has 0 radical (unpaired) electrons. The summed E-state index contributed by atoms with van der Waals surface area (Å²) in [4.78, 5) is 18.4. The summed E-state index contributed by atoms with van der Waals surface area (Å²) in [6, 6.07) is 11.0. The molecule has 0 N–H and O–H groups in total. The van der Waals surface area contributed by atoms with Gasteiger partial charge in [-0.15, -0.1) is 0 Å². The first-order valence-corrected chi connectivity index (χ1v) is 12.3. The maximum atomic E-state index is 13.9. The number of hydrogen-bond acceptors (Lipinski definition) is 4.